The summed E-state index contributed by atoms with van der Waals surface area (Å²) in [4.78, 5) is 30.0. The van der Waals surface area contributed by atoms with Crippen LogP contribution in [0.15, 0.2) is 144 Å². The van der Waals surface area contributed by atoms with Crippen LogP contribution in [0, 0.1) is 5.82 Å². The molecule has 0 unspecified atom stereocenters. The second-order valence-electron chi connectivity index (χ2n) is 11.9. The van der Waals surface area contributed by atoms with Crippen molar-refractivity contribution in [3.8, 4) is 11.5 Å². The second kappa shape index (κ2) is 16.8. The summed E-state index contributed by atoms with van der Waals surface area (Å²) < 4.78 is 49.4. The van der Waals surface area contributed by atoms with E-state index in [1.54, 1.807) is 66.7 Å². The van der Waals surface area contributed by atoms with Crippen LogP contribution in [0.4, 0.5) is 10.1 Å². The number of halogens is 1. The molecule has 258 valence electrons. The molecule has 8 nitrogen and oxygen atoms in total. The Kier molecular flexibility index (Phi) is 12.0. The molecule has 1 N–H and O–H groups in total. The third-order valence-corrected chi connectivity index (χ3v) is 10.0. The summed E-state index contributed by atoms with van der Waals surface area (Å²) in [7, 11) is -4.27. The van der Waals surface area contributed by atoms with Crippen molar-refractivity contribution in [3.05, 3.63) is 156 Å². The number of hydrogen-bond donors (Lipinski definition) is 1. The minimum atomic E-state index is -4.27. The summed E-state index contributed by atoms with van der Waals surface area (Å²) in [5, 5.41) is 3.01. The van der Waals surface area contributed by atoms with E-state index in [0.717, 1.165) is 9.87 Å². The van der Waals surface area contributed by atoms with Crippen molar-refractivity contribution in [1.29, 1.82) is 0 Å². The third-order valence-electron chi connectivity index (χ3n) is 8.25. The maximum absolute atomic E-state index is 14.6. The molecule has 5 aromatic rings. The first kappa shape index (κ1) is 35.8. The molecular weight excluding hydrogens is 654 g/mol. The molecule has 0 saturated carbocycles. The summed E-state index contributed by atoms with van der Waals surface area (Å²) in [5.41, 5.74) is 1.62. The van der Waals surface area contributed by atoms with E-state index in [1.165, 1.54) is 29.2 Å². The molecule has 0 fully saturated rings. The molecule has 0 aliphatic carbocycles. The molecule has 0 aromatic heterocycles. The Balaban J connectivity index is 1.55. The van der Waals surface area contributed by atoms with E-state index in [9.17, 15) is 22.4 Å². The van der Waals surface area contributed by atoms with E-state index in [0.29, 0.717) is 23.5 Å². The average Bonchev–Trinajstić information content (AvgIpc) is 3.14. The van der Waals surface area contributed by atoms with Gasteiger partial charge < -0.3 is 15.0 Å². The summed E-state index contributed by atoms with van der Waals surface area (Å²) in [6.45, 7) is 3.15. The lowest BCUT2D eigenvalue weighted by molar-refractivity contribution is -0.140. The van der Waals surface area contributed by atoms with Gasteiger partial charge >= 0.3 is 0 Å². The van der Waals surface area contributed by atoms with E-state index >= 15 is 0 Å². The van der Waals surface area contributed by atoms with E-state index in [2.05, 4.69) is 5.32 Å². The van der Waals surface area contributed by atoms with Gasteiger partial charge in [-0.3, -0.25) is 13.9 Å². The van der Waals surface area contributed by atoms with Crippen LogP contribution in [-0.2, 0) is 32.6 Å². The Morgan fingerprint density at radius 1 is 0.740 bits per heavy atom. The van der Waals surface area contributed by atoms with Gasteiger partial charge in [-0.1, -0.05) is 85.8 Å². The zero-order valence-corrected chi connectivity index (χ0v) is 28.8. The fourth-order valence-corrected chi connectivity index (χ4v) is 6.77. The first-order valence-corrected chi connectivity index (χ1v) is 17.9. The molecule has 0 heterocycles. The molecule has 2 atom stereocenters. The monoisotopic (exact) mass is 693 g/mol. The van der Waals surface area contributed by atoms with Gasteiger partial charge in [-0.15, -0.1) is 0 Å². The highest BCUT2D eigenvalue weighted by Crippen LogP contribution is 2.29. The lowest BCUT2D eigenvalue weighted by Gasteiger charge is -2.34. The van der Waals surface area contributed by atoms with Gasteiger partial charge in [0.2, 0.25) is 11.8 Å². The Morgan fingerprint density at radius 3 is 1.90 bits per heavy atom. The molecule has 0 aliphatic rings. The second-order valence-corrected chi connectivity index (χ2v) is 13.8. The molecule has 50 heavy (non-hydrogen) atoms. The Hall–Kier alpha value is -5.48. The van der Waals surface area contributed by atoms with E-state index in [4.69, 9.17) is 4.74 Å². The van der Waals surface area contributed by atoms with Crippen molar-refractivity contribution in [2.75, 3.05) is 10.8 Å². The molecular formula is C40H40FN3O5S. The standard InChI is InChI=1S/C40H40FN3O5S/c1-3-30(2)42-40(46)38(27-31-13-7-4-8-14-31)43(28-32-19-21-33(41)22-20-32)39(45)29-44(50(47,48)37-17-11-6-12-18-37)34-23-25-36(26-24-34)49-35-15-9-5-10-16-35/h4-26,30,38H,3,27-29H2,1-2H3,(H,42,46)/t30-,38+/m0/s1. The Morgan fingerprint density at radius 2 is 1.30 bits per heavy atom. The maximum atomic E-state index is 14.6. The smallest absolute Gasteiger partial charge is 0.264 e. The molecule has 0 radical (unpaired) electrons. The van der Waals surface area contributed by atoms with E-state index < -0.39 is 34.3 Å². The van der Waals surface area contributed by atoms with Gasteiger partial charge in [0, 0.05) is 19.0 Å². The number of amides is 2. The summed E-state index contributed by atoms with van der Waals surface area (Å²) in [6.07, 6.45) is 0.843. The number of nitrogens with one attached hydrogen (secondary N) is 1. The number of para-hydroxylation sites is 1. The average molecular weight is 694 g/mol. The third kappa shape index (κ3) is 9.35. The van der Waals surface area contributed by atoms with E-state index in [-0.39, 0.29) is 35.5 Å². The zero-order valence-electron chi connectivity index (χ0n) is 28.0. The fraction of sp³-hybridized carbons (Fsp3) is 0.200. The van der Waals surface area contributed by atoms with Gasteiger partial charge in [-0.25, -0.2) is 12.8 Å². The minimum Gasteiger partial charge on any atom is -0.457 e. The molecule has 0 bridgehead atoms. The highest BCUT2D eigenvalue weighted by Gasteiger charge is 2.35. The van der Waals surface area contributed by atoms with Crippen LogP contribution in [-0.4, -0.2) is 43.8 Å². The number of sulfonamides is 1. The minimum absolute atomic E-state index is 0.00199. The van der Waals surface area contributed by atoms with Gasteiger partial charge in [0.15, 0.2) is 0 Å². The van der Waals surface area contributed by atoms with Crippen LogP contribution in [0.1, 0.15) is 31.4 Å². The first-order valence-electron chi connectivity index (χ1n) is 16.4. The van der Waals surface area contributed by atoms with Crippen LogP contribution >= 0.6 is 0 Å². The van der Waals surface area contributed by atoms with E-state index in [1.807, 2.05) is 62.4 Å². The van der Waals surface area contributed by atoms with Crippen molar-refractivity contribution in [2.45, 2.75) is 50.2 Å². The number of nitrogens with zero attached hydrogens (tertiary/aromatic N) is 2. The predicted octanol–water partition coefficient (Wildman–Crippen LogP) is 7.37. The lowest BCUT2D eigenvalue weighted by Crippen LogP contribution is -2.54. The quantitative estimate of drug-likeness (QED) is 0.124. The molecule has 5 rings (SSSR count). The topological polar surface area (TPSA) is 96.0 Å². The van der Waals surface area contributed by atoms with Crippen LogP contribution < -0.4 is 14.4 Å². The van der Waals surface area contributed by atoms with Crippen molar-refractivity contribution in [3.63, 3.8) is 0 Å². The Labute approximate surface area is 293 Å². The summed E-state index contributed by atoms with van der Waals surface area (Å²) in [5.74, 6) is -0.342. The first-order chi connectivity index (χ1) is 24.1. The highest BCUT2D eigenvalue weighted by atomic mass is 32.2. The van der Waals surface area contributed by atoms with Crippen LogP contribution in [0.2, 0.25) is 0 Å². The van der Waals surface area contributed by atoms with Gasteiger partial charge in [0.05, 0.1) is 10.6 Å². The molecule has 10 heteroatoms. The van der Waals surface area contributed by atoms with Crippen molar-refractivity contribution in [2.24, 2.45) is 0 Å². The summed E-state index contributed by atoms with van der Waals surface area (Å²) in [6, 6.07) is 37.2. The zero-order chi connectivity index (χ0) is 35.5. The summed E-state index contributed by atoms with van der Waals surface area (Å²) >= 11 is 0. The number of rotatable bonds is 15. The SMILES string of the molecule is CC[C@H](C)NC(=O)[C@@H](Cc1ccccc1)N(Cc1ccc(F)cc1)C(=O)CN(c1ccc(Oc2ccccc2)cc1)S(=O)(=O)c1ccccc1. The van der Waals surface area contributed by atoms with Crippen LogP contribution in [0.25, 0.3) is 0 Å². The highest BCUT2D eigenvalue weighted by molar-refractivity contribution is 7.92. The van der Waals surface area contributed by atoms with Gasteiger partial charge in [0.25, 0.3) is 10.0 Å². The number of carbonyl (C=O) groups excluding carboxylic acids is 2. The number of benzene rings is 5. The largest absolute Gasteiger partial charge is 0.457 e. The number of hydrogen-bond acceptors (Lipinski definition) is 5. The molecule has 2 amide bonds. The lowest BCUT2D eigenvalue weighted by atomic mass is 10.0. The van der Waals surface area contributed by atoms with Gasteiger partial charge in [0.1, 0.15) is 29.9 Å². The number of anilines is 1. The maximum Gasteiger partial charge on any atom is 0.264 e. The number of carbonyl (C=O) groups is 2. The number of ether oxygens (including phenoxy) is 1. The van der Waals surface area contributed by atoms with Gasteiger partial charge in [-0.2, -0.15) is 0 Å². The fourth-order valence-electron chi connectivity index (χ4n) is 5.34. The Bertz CT molecular complexity index is 1940. The molecule has 0 aliphatic heterocycles. The van der Waals surface area contributed by atoms with Crippen LogP contribution in [0.5, 0.6) is 11.5 Å². The normalized spacial score (nSPS) is 12.4. The van der Waals surface area contributed by atoms with Crippen molar-refractivity contribution < 1.29 is 27.1 Å². The predicted molar refractivity (Wildman–Crippen MR) is 193 cm³/mol. The van der Waals surface area contributed by atoms with Crippen molar-refractivity contribution in [1.82, 2.24) is 10.2 Å². The molecule has 5 aromatic carbocycles. The molecule has 0 saturated heterocycles. The van der Waals surface area contributed by atoms with Crippen molar-refractivity contribution >= 4 is 27.5 Å². The van der Waals surface area contributed by atoms with Crippen LogP contribution in [0.3, 0.4) is 0 Å². The molecule has 0 spiro atoms. The van der Waals surface area contributed by atoms with Gasteiger partial charge in [-0.05, 0) is 85.1 Å².